The number of thiazole rings is 1. The molecule has 0 unspecified atom stereocenters. The summed E-state index contributed by atoms with van der Waals surface area (Å²) in [4.78, 5) is 28.9. The van der Waals surface area contributed by atoms with Crippen molar-refractivity contribution in [3.05, 3.63) is 37.9 Å². The van der Waals surface area contributed by atoms with Gasteiger partial charge in [0.05, 0.1) is 5.69 Å². The fraction of sp³-hybridized carbons (Fsp3) is 0.214. The van der Waals surface area contributed by atoms with Crippen LogP contribution in [0.2, 0.25) is 0 Å². The molecule has 2 N–H and O–H groups in total. The van der Waals surface area contributed by atoms with Gasteiger partial charge in [-0.2, -0.15) is 0 Å². The highest BCUT2D eigenvalue weighted by Crippen LogP contribution is 2.21. The highest BCUT2D eigenvalue weighted by Gasteiger charge is 2.17. The molecule has 1 aromatic heterocycles. The number of benzene rings is 1. The lowest BCUT2D eigenvalue weighted by Crippen LogP contribution is -2.29. The Kier molecular flexibility index (Phi) is 4.94. The SMILES string of the molecule is Cc1cc(I)ccc1NC(=O)C(=O)Nc1nc(C)c(C)s1. The Hall–Kier alpha value is -1.48. The Bertz CT molecular complexity index is 693. The van der Waals surface area contributed by atoms with E-state index in [0.717, 1.165) is 19.7 Å². The lowest BCUT2D eigenvalue weighted by molar-refractivity contribution is -0.133. The van der Waals surface area contributed by atoms with Gasteiger partial charge in [-0.25, -0.2) is 4.98 Å². The topological polar surface area (TPSA) is 71.1 Å². The summed E-state index contributed by atoms with van der Waals surface area (Å²) in [7, 11) is 0. The predicted molar refractivity (Wildman–Crippen MR) is 92.7 cm³/mol. The molecule has 0 fully saturated rings. The molecule has 1 aromatic carbocycles. The molecule has 0 saturated heterocycles. The smallest absolute Gasteiger partial charge is 0.315 e. The summed E-state index contributed by atoms with van der Waals surface area (Å²) in [6.45, 7) is 5.65. The summed E-state index contributed by atoms with van der Waals surface area (Å²) in [5.74, 6) is -1.42. The molecule has 2 aromatic rings. The summed E-state index contributed by atoms with van der Waals surface area (Å²) < 4.78 is 1.07. The van der Waals surface area contributed by atoms with Crippen molar-refractivity contribution in [2.75, 3.05) is 10.6 Å². The first-order chi connectivity index (χ1) is 9.86. The van der Waals surface area contributed by atoms with E-state index in [1.807, 2.05) is 32.9 Å². The van der Waals surface area contributed by atoms with E-state index in [2.05, 4.69) is 38.2 Å². The molecule has 110 valence electrons. The van der Waals surface area contributed by atoms with Crippen molar-refractivity contribution in [3.8, 4) is 0 Å². The molecular formula is C14H14IN3O2S. The number of carbonyl (C=O) groups is 2. The highest BCUT2D eigenvalue weighted by atomic mass is 127. The van der Waals surface area contributed by atoms with Crippen LogP contribution >= 0.6 is 33.9 Å². The van der Waals surface area contributed by atoms with Crippen molar-refractivity contribution in [2.45, 2.75) is 20.8 Å². The maximum Gasteiger partial charge on any atom is 0.315 e. The largest absolute Gasteiger partial charge is 0.318 e. The Balaban J connectivity index is 2.04. The summed E-state index contributed by atoms with van der Waals surface area (Å²) in [6.07, 6.45) is 0. The first-order valence-electron chi connectivity index (χ1n) is 6.19. The molecule has 1 heterocycles. The Morgan fingerprint density at radius 2 is 1.81 bits per heavy atom. The third-order valence-electron chi connectivity index (χ3n) is 2.89. The van der Waals surface area contributed by atoms with Crippen molar-refractivity contribution >= 4 is 56.6 Å². The zero-order valence-electron chi connectivity index (χ0n) is 11.8. The predicted octanol–water partition coefficient (Wildman–Crippen LogP) is 3.25. The number of nitrogens with one attached hydrogen (secondary N) is 2. The number of hydrogen-bond donors (Lipinski definition) is 2. The van der Waals surface area contributed by atoms with E-state index in [1.165, 1.54) is 11.3 Å². The Morgan fingerprint density at radius 1 is 1.14 bits per heavy atom. The molecule has 0 atom stereocenters. The van der Waals surface area contributed by atoms with Gasteiger partial charge in [0.1, 0.15) is 0 Å². The number of halogens is 1. The second kappa shape index (κ2) is 6.52. The zero-order valence-corrected chi connectivity index (χ0v) is 14.8. The van der Waals surface area contributed by atoms with Gasteiger partial charge < -0.3 is 5.32 Å². The minimum absolute atomic E-state index is 0.435. The van der Waals surface area contributed by atoms with Crippen LogP contribution in [-0.2, 0) is 9.59 Å². The van der Waals surface area contributed by atoms with Crippen molar-refractivity contribution in [3.63, 3.8) is 0 Å². The first-order valence-corrected chi connectivity index (χ1v) is 8.09. The van der Waals surface area contributed by atoms with E-state index < -0.39 is 11.8 Å². The van der Waals surface area contributed by atoms with Gasteiger partial charge in [0.2, 0.25) is 0 Å². The van der Waals surface area contributed by atoms with Crippen LogP contribution in [0.15, 0.2) is 18.2 Å². The molecule has 7 heteroatoms. The van der Waals surface area contributed by atoms with E-state index in [4.69, 9.17) is 0 Å². The lowest BCUT2D eigenvalue weighted by atomic mass is 10.2. The molecule has 0 saturated carbocycles. The quantitative estimate of drug-likeness (QED) is 0.585. The van der Waals surface area contributed by atoms with Crippen molar-refractivity contribution in [1.82, 2.24) is 4.98 Å². The molecule has 5 nitrogen and oxygen atoms in total. The number of carbonyl (C=O) groups excluding carboxylic acids is 2. The number of nitrogens with zero attached hydrogens (tertiary/aromatic N) is 1. The number of hydrogen-bond acceptors (Lipinski definition) is 4. The monoisotopic (exact) mass is 415 g/mol. The summed E-state index contributed by atoms with van der Waals surface area (Å²) in [5, 5.41) is 5.55. The first kappa shape index (κ1) is 15.9. The van der Waals surface area contributed by atoms with Crippen LogP contribution in [0.4, 0.5) is 10.8 Å². The van der Waals surface area contributed by atoms with Crippen LogP contribution in [-0.4, -0.2) is 16.8 Å². The van der Waals surface area contributed by atoms with Crippen LogP contribution in [0.3, 0.4) is 0 Å². The highest BCUT2D eigenvalue weighted by molar-refractivity contribution is 14.1. The molecular weight excluding hydrogens is 401 g/mol. The van der Waals surface area contributed by atoms with E-state index in [9.17, 15) is 9.59 Å². The molecule has 0 aliphatic heterocycles. The minimum Gasteiger partial charge on any atom is -0.318 e. The zero-order chi connectivity index (χ0) is 15.6. The van der Waals surface area contributed by atoms with E-state index >= 15 is 0 Å². The van der Waals surface area contributed by atoms with Crippen LogP contribution in [0.5, 0.6) is 0 Å². The van der Waals surface area contributed by atoms with Crippen LogP contribution < -0.4 is 10.6 Å². The fourth-order valence-corrected chi connectivity index (χ4v) is 3.08. The van der Waals surface area contributed by atoms with Gasteiger partial charge in [-0.05, 0) is 67.1 Å². The number of anilines is 2. The van der Waals surface area contributed by atoms with Gasteiger partial charge in [0.15, 0.2) is 5.13 Å². The van der Waals surface area contributed by atoms with Crippen molar-refractivity contribution in [2.24, 2.45) is 0 Å². The molecule has 0 radical (unpaired) electrons. The minimum atomic E-state index is -0.721. The summed E-state index contributed by atoms with van der Waals surface area (Å²) in [6, 6.07) is 5.58. The van der Waals surface area contributed by atoms with Crippen molar-refractivity contribution < 1.29 is 9.59 Å². The van der Waals surface area contributed by atoms with E-state index in [1.54, 1.807) is 6.07 Å². The van der Waals surface area contributed by atoms with Crippen LogP contribution in [0, 0.1) is 24.3 Å². The van der Waals surface area contributed by atoms with Crippen LogP contribution in [0.25, 0.3) is 0 Å². The van der Waals surface area contributed by atoms with Gasteiger partial charge in [-0.3, -0.25) is 14.9 Å². The number of amides is 2. The third-order valence-corrected chi connectivity index (χ3v) is 4.55. The fourth-order valence-electron chi connectivity index (χ4n) is 1.63. The van der Waals surface area contributed by atoms with Gasteiger partial charge in [0.25, 0.3) is 0 Å². The Morgan fingerprint density at radius 3 is 2.38 bits per heavy atom. The second-order valence-electron chi connectivity index (χ2n) is 4.53. The maximum absolute atomic E-state index is 11.9. The maximum atomic E-state index is 11.9. The van der Waals surface area contributed by atoms with E-state index in [-0.39, 0.29) is 0 Å². The molecule has 21 heavy (non-hydrogen) atoms. The van der Waals surface area contributed by atoms with Gasteiger partial charge >= 0.3 is 11.8 Å². The lowest BCUT2D eigenvalue weighted by Gasteiger charge is -2.08. The number of aryl methyl sites for hydroxylation is 3. The molecule has 0 aliphatic carbocycles. The molecule has 0 spiro atoms. The van der Waals surface area contributed by atoms with Crippen molar-refractivity contribution in [1.29, 1.82) is 0 Å². The standard InChI is InChI=1S/C14H14IN3O2S/c1-7-6-10(15)4-5-11(7)17-12(19)13(20)18-14-16-8(2)9(3)21-14/h4-6H,1-3H3,(H,17,19)(H,16,18,20). The summed E-state index contributed by atoms with van der Waals surface area (Å²) in [5.41, 5.74) is 2.38. The summed E-state index contributed by atoms with van der Waals surface area (Å²) >= 11 is 3.54. The number of aromatic nitrogens is 1. The second-order valence-corrected chi connectivity index (χ2v) is 6.98. The number of rotatable bonds is 2. The van der Waals surface area contributed by atoms with Gasteiger partial charge in [0, 0.05) is 14.1 Å². The third kappa shape index (κ3) is 4.01. The normalized spacial score (nSPS) is 10.3. The molecule has 0 bridgehead atoms. The average Bonchev–Trinajstić information content (AvgIpc) is 2.71. The Labute approximate surface area is 140 Å². The molecule has 2 rings (SSSR count). The molecule has 0 aliphatic rings. The van der Waals surface area contributed by atoms with Crippen LogP contribution in [0.1, 0.15) is 16.1 Å². The van der Waals surface area contributed by atoms with Gasteiger partial charge in [-0.15, -0.1) is 11.3 Å². The molecule has 2 amide bonds. The average molecular weight is 415 g/mol. The van der Waals surface area contributed by atoms with Gasteiger partial charge in [-0.1, -0.05) is 0 Å². The van der Waals surface area contributed by atoms with E-state index in [0.29, 0.717) is 10.8 Å².